The van der Waals surface area contributed by atoms with Crippen molar-refractivity contribution in [2.75, 3.05) is 19.6 Å². The number of benzene rings is 1. The molecule has 154 valence electrons. The lowest BCUT2D eigenvalue weighted by atomic mass is 10.0. The smallest absolute Gasteiger partial charge is 0.407 e. The predicted molar refractivity (Wildman–Crippen MR) is 102 cm³/mol. The monoisotopic (exact) mass is 402 g/mol. The maximum Gasteiger partial charge on any atom is 0.420 e. The number of nitrogens with zero attached hydrogens (tertiary/aromatic N) is 4. The summed E-state index contributed by atoms with van der Waals surface area (Å²) in [4.78, 5) is 51.9. The zero-order valence-electron chi connectivity index (χ0n) is 15.9. The van der Waals surface area contributed by atoms with Crippen molar-refractivity contribution < 1.29 is 18.9 Å². The molecular weight excluding hydrogens is 380 g/mol. The highest BCUT2D eigenvalue weighted by molar-refractivity contribution is 5.88. The highest BCUT2D eigenvalue weighted by Crippen LogP contribution is 2.23. The van der Waals surface area contributed by atoms with Crippen LogP contribution in [0.4, 0.5) is 5.69 Å². The molecule has 2 saturated heterocycles. The fourth-order valence-electron chi connectivity index (χ4n) is 4.18. The molecule has 1 unspecified atom stereocenters. The van der Waals surface area contributed by atoms with Crippen molar-refractivity contribution in [2.24, 2.45) is 0 Å². The number of nitro groups is 1. The van der Waals surface area contributed by atoms with Crippen LogP contribution < -0.4 is 5.76 Å². The topological polar surface area (TPSA) is 119 Å². The fourth-order valence-corrected chi connectivity index (χ4v) is 4.18. The summed E-state index contributed by atoms with van der Waals surface area (Å²) in [6.45, 7) is 1.65. The van der Waals surface area contributed by atoms with Gasteiger partial charge in [0.1, 0.15) is 12.6 Å². The van der Waals surface area contributed by atoms with E-state index in [4.69, 9.17) is 4.42 Å². The van der Waals surface area contributed by atoms with Gasteiger partial charge in [-0.1, -0.05) is 0 Å². The summed E-state index contributed by atoms with van der Waals surface area (Å²) in [7, 11) is 0. The minimum Gasteiger partial charge on any atom is -0.407 e. The van der Waals surface area contributed by atoms with Crippen LogP contribution in [-0.2, 0) is 16.1 Å². The van der Waals surface area contributed by atoms with Gasteiger partial charge >= 0.3 is 5.76 Å². The van der Waals surface area contributed by atoms with E-state index >= 15 is 0 Å². The number of likely N-dealkylation sites (tertiary alicyclic amines) is 2. The third-order valence-corrected chi connectivity index (χ3v) is 5.68. The number of nitro benzene ring substituents is 1. The number of fused-ring (bicyclic) bond motifs is 1. The Balaban J connectivity index is 1.57. The van der Waals surface area contributed by atoms with E-state index in [0.29, 0.717) is 18.5 Å². The minimum atomic E-state index is -0.756. The molecule has 2 aliphatic rings. The molecule has 0 aliphatic carbocycles. The quantitative estimate of drug-likeness (QED) is 0.565. The molecule has 0 radical (unpaired) electrons. The fraction of sp³-hybridized carbons (Fsp3) is 0.526. The molecule has 2 amide bonds. The number of oxazole rings is 1. The van der Waals surface area contributed by atoms with E-state index in [1.54, 1.807) is 4.90 Å². The van der Waals surface area contributed by atoms with Gasteiger partial charge in [-0.05, 0) is 38.2 Å². The predicted octanol–water partition coefficient (Wildman–Crippen LogP) is 1.51. The van der Waals surface area contributed by atoms with Crippen molar-refractivity contribution in [3.63, 3.8) is 0 Å². The highest BCUT2D eigenvalue weighted by Gasteiger charge is 2.35. The number of hydrogen-bond acceptors (Lipinski definition) is 6. The molecule has 1 atom stereocenters. The lowest BCUT2D eigenvalue weighted by molar-refractivity contribution is -0.384. The van der Waals surface area contributed by atoms with E-state index in [0.717, 1.165) is 49.4 Å². The summed E-state index contributed by atoms with van der Waals surface area (Å²) >= 11 is 0. The van der Waals surface area contributed by atoms with Gasteiger partial charge in [-0.25, -0.2) is 4.79 Å². The number of non-ortho nitro benzene ring substituents is 1. The van der Waals surface area contributed by atoms with Crippen LogP contribution in [0.3, 0.4) is 0 Å². The largest absolute Gasteiger partial charge is 0.420 e. The number of amides is 2. The van der Waals surface area contributed by atoms with Gasteiger partial charge in [0.2, 0.25) is 11.8 Å². The van der Waals surface area contributed by atoms with Crippen molar-refractivity contribution in [1.82, 2.24) is 14.4 Å². The second-order valence-corrected chi connectivity index (χ2v) is 7.49. The Bertz CT molecular complexity index is 1020. The molecule has 0 spiro atoms. The number of hydrogen-bond donors (Lipinski definition) is 0. The van der Waals surface area contributed by atoms with Crippen molar-refractivity contribution in [3.05, 3.63) is 38.9 Å². The lowest BCUT2D eigenvalue weighted by Crippen LogP contribution is -2.53. The third-order valence-electron chi connectivity index (χ3n) is 5.68. The molecule has 10 heteroatoms. The average Bonchev–Trinajstić information content (AvgIpc) is 3.35. The van der Waals surface area contributed by atoms with Gasteiger partial charge in [0, 0.05) is 25.7 Å². The van der Waals surface area contributed by atoms with Crippen LogP contribution in [0.2, 0.25) is 0 Å². The molecule has 10 nitrogen and oxygen atoms in total. The molecule has 0 bridgehead atoms. The Morgan fingerprint density at radius 2 is 1.86 bits per heavy atom. The first-order chi connectivity index (χ1) is 14.0. The Labute approximate surface area is 165 Å². The molecule has 2 aromatic rings. The molecule has 0 saturated carbocycles. The van der Waals surface area contributed by atoms with Gasteiger partial charge in [-0.15, -0.1) is 0 Å². The number of piperidine rings is 1. The van der Waals surface area contributed by atoms with Crippen LogP contribution in [-0.4, -0.2) is 56.8 Å². The van der Waals surface area contributed by atoms with Gasteiger partial charge in [0.25, 0.3) is 5.69 Å². The second-order valence-electron chi connectivity index (χ2n) is 7.49. The number of carbonyl (C=O) groups excluding carboxylic acids is 2. The normalized spacial score (nSPS) is 19.7. The van der Waals surface area contributed by atoms with Gasteiger partial charge in [-0.2, -0.15) is 0 Å². The minimum absolute atomic E-state index is 0.0180. The number of rotatable bonds is 4. The van der Waals surface area contributed by atoms with Gasteiger partial charge in [-0.3, -0.25) is 24.3 Å². The Hall–Kier alpha value is -3.17. The van der Waals surface area contributed by atoms with Crippen molar-refractivity contribution >= 4 is 28.6 Å². The number of aromatic nitrogens is 1. The van der Waals surface area contributed by atoms with E-state index in [-0.39, 0.29) is 29.6 Å². The SMILES string of the molecule is O=C(C1CCCCN1C(=O)Cn1c(=O)oc2cc([N+](=O)[O-])ccc21)N1CCCC1. The van der Waals surface area contributed by atoms with E-state index in [9.17, 15) is 24.5 Å². The van der Waals surface area contributed by atoms with Crippen LogP contribution in [0.15, 0.2) is 27.4 Å². The molecule has 1 aromatic carbocycles. The molecule has 2 aliphatic heterocycles. The molecule has 2 fully saturated rings. The maximum absolute atomic E-state index is 13.0. The van der Waals surface area contributed by atoms with Crippen LogP contribution >= 0.6 is 0 Å². The van der Waals surface area contributed by atoms with Crippen molar-refractivity contribution in [2.45, 2.75) is 44.7 Å². The van der Waals surface area contributed by atoms with Gasteiger partial charge in [0.15, 0.2) is 5.58 Å². The highest BCUT2D eigenvalue weighted by atomic mass is 16.6. The van der Waals surface area contributed by atoms with Crippen molar-refractivity contribution in [3.8, 4) is 0 Å². The standard InChI is InChI=1S/C19H22N4O6/c24-17(21-10-2-1-5-15(21)18(25)20-8-3-4-9-20)12-22-14-7-6-13(23(27)28)11-16(14)29-19(22)26/h6-7,11,15H,1-5,8-10,12H2. The summed E-state index contributed by atoms with van der Waals surface area (Å²) in [6, 6.07) is 3.33. The molecule has 3 heterocycles. The Morgan fingerprint density at radius 3 is 2.59 bits per heavy atom. The van der Waals surface area contributed by atoms with Gasteiger partial charge < -0.3 is 14.2 Å². The second kappa shape index (κ2) is 7.69. The Morgan fingerprint density at radius 1 is 1.14 bits per heavy atom. The molecule has 1 aromatic heterocycles. The van der Waals surface area contributed by atoms with Crippen LogP contribution in [0, 0.1) is 10.1 Å². The zero-order chi connectivity index (χ0) is 20.5. The maximum atomic E-state index is 13.0. The Kier molecular flexibility index (Phi) is 5.08. The number of carbonyl (C=O) groups is 2. The lowest BCUT2D eigenvalue weighted by Gasteiger charge is -2.36. The summed E-state index contributed by atoms with van der Waals surface area (Å²) in [5.74, 6) is -1.10. The van der Waals surface area contributed by atoms with E-state index in [1.165, 1.54) is 12.1 Å². The molecule has 0 N–H and O–H groups in total. The van der Waals surface area contributed by atoms with E-state index < -0.39 is 16.7 Å². The average molecular weight is 402 g/mol. The molecule has 4 rings (SSSR count). The summed E-state index contributed by atoms with van der Waals surface area (Å²) in [5.41, 5.74) is 0.172. The first-order valence-corrected chi connectivity index (χ1v) is 9.82. The third kappa shape index (κ3) is 3.62. The van der Waals surface area contributed by atoms with Crippen LogP contribution in [0.5, 0.6) is 0 Å². The van der Waals surface area contributed by atoms with Gasteiger partial charge in [0.05, 0.1) is 16.5 Å². The zero-order valence-corrected chi connectivity index (χ0v) is 15.9. The van der Waals surface area contributed by atoms with Crippen molar-refractivity contribution in [1.29, 1.82) is 0 Å². The first kappa shape index (κ1) is 19.2. The van der Waals surface area contributed by atoms with Crippen LogP contribution in [0.25, 0.3) is 11.1 Å². The molecule has 29 heavy (non-hydrogen) atoms. The van der Waals surface area contributed by atoms with E-state index in [1.807, 2.05) is 4.90 Å². The van der Waals surface area contributed by atoms with Crippen LogP contribution in [0.1, 0.15) is 32.1 Å². The summed E-state index contributed by atoms with van der Waals surface area (Å²) < 4.78 is 6.25. The van der Waals surface area contributed by atoms with E-state index in [2.05, 4.69) is 0 Å². The first-order valence-electron chi connectivity index (χ1n) is 9.82. The summed E-state index contributed by atoms with van der Waals surface area (Å²) in [5, 5.41) is 10.9. The summed E-state index contributed by atoms with van der Waals surface area (Å²) in [6.07, 6.45) is 4.27. The molecular formula is C19H22N4O6.